The van der Waals surface area contributed by atoms with E-state index in [4.69, 9.17) is 0 Å². The molecule has 4 rings (SSSR count). The van der Waals surface area contributed by atoms with Crippen LogP contribution in [0.5, 0.6) is 0 Å². The molecule has 2 atom stereocenters. The standard InChI is InChI=1S/C24H21F3N2/c25-24(26,27)21-10-8-19(9-11-21)22-7-4-12-29-23(22)14-17-13-20(16-28-15-17)18-5-2-1-3-6-18/h1-11,13,15-16,22-23,29H,12,14H2. The number of hydrogen-bond acceptors (Lipinski definition) is 2. The quantitative estimate of drug-likeness (QED) is 0.581. The molecule has 148 valence electrons. The zero-order chi connectivity index (χ0) is 20.3. The summed E-state index contributed by atoms with van der Waals surface area (Å²) in [6.07, 6.45) is 4.23. The number of aromatic nitrogens is 1. The fraction of sp³-hybridized carbons (Fsp3) is 0.208. The second-order valence-corrected chi connectivity index (χ2v) is 7.24. The topological polar surface area (TPSA) is 24.9 Å². The Kier molecular flexibility index (Phi) is 5.49. The first-order valence-corrected chi connectivity index (χ1v) is 9.57. The number of alkyl halides is 3. The van der Waals surface area contributed by atoms with Crippen LogP contribution in [-0.2, 0) is 12.6 Å². The number of halogens is 3. The number of pyridine rings is 1. The summed E-state index contributed by atoms with van der Waals surface area (Å²) in [5.74, 6) is 0.00594. The van der Waals surface area contributed by atoms with Crippen molar-refractivity contribution in [3.05, 3.63) is 102 Å². The van der Waals surface area contributed by atoms with Crippen LogP contribution in [0.1, 0.15) is 22.6 Å². The van der Waals surface area contributed by atoms with Gasteiger partial charge in [-0.25, -0.2) is 0 Å². The molecule has 0 amide bonds. The minimum atomic E-state index is -4.32. The van der Waals surface area contributed by atoms with E-state index in [1.165, 1.54) is 0 Å². The monoisotopic (exact) mass is 394 g/mol. The number of nitrogens with zero attached hydrogens (tertiary/aromatic N) is 1. The van der Waals surface area contributed by atoms with Crippen LogP contribution in [0.3, 0.4) is 0 Å². The molecule has 1 aliphatic rings. The van der Waals surface area contributed by atoms with Crippen LogP contribution >= 0.6 is 0 Å². The van der Waals surface area contributed by atoms with Crippen LogP contribution < -0.4 is 5.32 Å². The first kappa shape index (κ1) is 19.4. The van der Waals surface area contributed by atoms with Crippen molar-refractivity contribution in [2.45, 2.75) is 24.6 Å². The largest absolute Gasteiger partial charge is 0.416 e. The van der Waals surface area contributed by atoms with Crippen molar-refractivity contribution in [3.8, 4) is 11.1 Å². The van der Waals surface area contributed by atoms with Gasteiger partial charge in [0, 0.05) is 36.5 Å². The van der Waals surface area contributed by atoms with Gasteiger partial charge in [-0.05, 0) is 41.3 Å². The molecule has 3 aromatic rings. The first-order valence-electron chi connectivity index (χ1n) is 9.57. The Morgan fingerprint density at radius 2 is 1.69 bits per heavy atom. The Morgan fingerprint density at radius 3 is 2.41 bits per heavy atom. The van der Waals surface area contributed by atoms with Crippen molar-refractivity contribution in [1.82, 2.24) is 10.3 Å². The number of nitrogens with one attached hydrogen (secondary N) is 1. The van der Waals surface area contributed by atoms with Crippen LogP contribution in [0.4, 0.5) is 13.2 Å². The third-order valence-electron chi connectivity index (χ3n) is 5.26. The summed E-state index contributed by atoms with van der Waals surface area (Å²) in [6.45, 7) is 0.744. The molecule has 5 heteroatoms. The van der Waals surface area contributed by atoms with Gasteiger partial charge in [0.05, 0.1) is 5.56 Å². The summed E-state index contributed by atoms with van der Waals surface area (Å²) in [5, 5.41) is 3.48. The van der Waals surface area contributed by atoms with E-state index < -0.39 is 11.7 Å². The van der Waals surface area contributed by atoms with Gasteiger partial charge in [-0.15, -0.1) is 0 Å². The molecule has 1 N–H and O–H groups in total. The molecule has 29 heavy (non-hydrogen) atoms. The molecular formula is C24H21F3N2. The van der Waals surface area contributed by atoms with Crippen molar-refractivity contribution < 1.29 is 13.2 Å². The average Bonchev–Trinajstić information content (AvgIpc) is 2.74. The van der Waals surface area contributed by atoms with E-state index in [2.05, 4.69) is 22.4 Å². The summed E-state index contributed by atoms with van der Waals surface area (Å²) >= 11 is 0. The molecule has 0 radical (unpaired) electrons. The van der Waals surface area contributed by atoms with E-state index in [0.717, 1.165) is 47.4 Å². The second-order valence-electron chi connectivity index (χ2n) is 7.24. The van der Waals surface area contributed by atoms with Crippen LogP contribution in [0.2, 0.25) is 0 Å². The molecule has 0 saturated carbocycles. The van der Waals surface area contributed by atoms with Gasteiger partial charge in [0.1, 0.15) is 0 Å². The van der Waals surface area contributed by atoms with Gasteiger partial charge in [-0.1, -0.05) is 54.6 Å². The Hall–Kier alpha value is -2.92. The van der Waals surface area contributed by atoms with E-state index in [1.54, 1.807) is 12.1 Å². The average molecular weight is 394 g/mol. The van der Waals surface area contributed by atoms with E-state index in [9.17, 15) is 13.2 Å². The normalized spacial score (nSPS) is 19.3. The maximum absolute atomic E-state index is 12.9. The van der Waals surface area contributed by atoms with Gasteiger partial charge in [0.25, 0.3) is 0 Å². The summed E-state index contributed by atoms with van der Waals surface area (Å²) in [7, 11) is 0. The lowest BCUT2D eigenvalue weighted by molar-refractivity contribution is -0.137. The van der Waals surface area contributed by atoms with Crippen LogP contribution in [0.25, 0.3) is 11.1 Å². The molecule has 0 fully saturated rings. The third-order valence-corrected chi connectivity index (χ3v) is 5.26. The van der Waals surface area contributed by atoms with E-state index in [1.807, 2.05) is 48.8 Å². The van der Waals surface area contributed by atoms with Crippen molar-refractivity contribution in [3.63, 3.8) is 0 Å². The van der Waals surface area contributed by atoms with Crippen LogP contribution in [0.15, 0.2) is 85.2 Å². The van der Waals surface area contributed by atoms with Gasteiger partial charge in [-0.2, -0.15) is 13.2 Å². The fourth-order valence-corrected chi connectivity index (χ4v) is 3.77. The molecule has 2 unspecified atom stereocenters. The van der Waals surface area contributed by atoms with Gasteiger partial charge in [-0.3, -0.25) is 4.98 Å². The fourth-order valence-electron chi connectivity index (χ4n) is 3.77. The molecule has 1 aliphatic heterocycles. The number of benzene rings is 2. The molecule has 0 spiro atoms. The molecule has 2 heterocycles. The summed E-state index contributed by atoms with van der Waals surface area (Å²) in [5.41, 5.74) is 3.51. The van der Waals surface area contributed by atoms with Crippen molar-refractivity contribution in [2.24, 2.45) is 0 Å². The second kappa shape index (κ2) is 8.21. The molecule has 2 aromatic carbocycles. The van der Waals surface area contributed by atoms with Crippen LogP contribution in [0, 0.1) is 0 Å². The molecule has 0 bridgehead atoms. The lowest BCUT2D eigenvalue weighted by Gasteiger charge is -2.29. The Morgan fingerprint density at radius 1 is 0.931 bits per heavy atom. The Bertz CT molecular complexity index is 979. The molecular weight excluding hydrogens is 373 g/mol. The van der Waals surface area contributed by atoms with Gasteiger partial charge in [0.2, 0.25) is 0 Å². The molecule has 0 aliphatic carbocycles. The smallest absolute Gasteiger partial charge is 0.309 e. The summed E-state index contributed by atoms with van der Waals surface area (Å²) in [6, 6.07) is 17.8. The minimum Gasteiger partial charge on any atom is -0.309 e. The maximum atomic E-state index is 12.9. The van der Waals surface area contributed by atoms with E-state index in [-0.39, 0.29) is 12.0 Å². The maximum Gasteiger partial charge on any atom is 0.416 e. The van der Waals surface area contributed by atoms with Crippen molar-refractivity contribution >= 4 is 0 Å². The minimum absolute atomic E-state index is 0.00594. The number of hydrogen-bond donors (Lipinski definition) is 1. The highest BCUT2D eigenvalue weighted by molar-refractivity contribution is 5.62. The first-order chi connectivity index (χ1) is 14.0. The predicted molar refractivity (Wildman–Crippen MR) is 108 cm³/mol. The molecule has 2 nitrogen and oxygen atoms in total. The van der Waals surface area contributed by atoms with Gasteiger partial charge >= 0.3 is 6.18 Å². The Labute approximate surface area is 168 Å². The highest BCUT2D eigenvalue weighted by atomic mass is 19.4. The number of rotatable bonds is 4. The van der Waals surface area contributed by atoms with Crippen LogP contribution in [-0.4, -0.2) is 17.6 Å². The van der Waals surface area contributed by atoms with Crippen molar-refractivity contribution in [1.29, 1.82) is 0 Å². The highest BCUT2D eigenvalue weighted by Crippen LogP contribution is 2.32. The summed E-state index contributed by atoms with van der Waals surface area (Å²) < 4.78 is 38.6. The van der Waals surface area contributed by atoms with E-state index in [0.29, 0.717) is 0 Å². The SMILES string of the molecule is FC(F)(F)c1ccc(C2C=CCNC2Cc2cncc(-c3ccccc3)c2)cc1. The third kappa shape index (κ3) is 4.57. The Balaban J connectivity index is 1.56. The highest BCUT2D eigenvalue weighted by Gasteiger charge is 2.31. The zero-order valence-corrected chi connectivity index (χ0v) is 15.7. The zero-order valence-electron chi connectivity index (χ0n) is 15.7. The van der Waals surface area contributed by atoms with Gasteiger partial charge < -0.3 is 5.32 Å². The predicted octanol–water partition coefficient (Wildman–Crippen LogP) is 5.62. The van der Waals surface area contributed by atoms with Crippen molar-refractivity contribution in [2.75, 3.05) is 6.54 Å². The van der Waals surface area contributed by atoms with E-state index >= 15 is 0 Å². The molecule has 0 saturated heterocycles. The lowest BCUT2D eigenvalue weighted by Crippen LogP contribution is -2.39. The lowest BCUT2D eigenvalue weighted by atomic mass is 9.85. The molecule has 1 aromatic heterocycles. The summed E-state index contributed by atoms with van der Waals surface area (Å²) in [4.78, 5) is 4.39. The van der Waals surface area contributed by atoms with Gasteiger partial charge in [0.15, 0.2) is 0 Å².